The predicted octanol–water partition coefficient (Wildman–Crippen LogP) is 1.25. The van der Waals surface area contributed by atoms with Gasteiger partial charge in [-0.25, -0.2) is 0 Å². The highest BCUT2D eigenvalue weighted by Gasteiger charge is 2.07. The molecule has 16 heavy (non-hydrogen) atoms. The average molecular weight is 219 g/mol. The summed E-state index contributed by atoms with van der Waals surface area (Å²) in [7, 11) is 1.63. The minimum absolute atomic E-state index is 0.504. The summed E-state index contributed by atoms with van der Waals surface area (Å²) in [6.45, 7) is 0.504. The molecule has 0 amide bonds. The van der Waals surface area contributed by atoms with Crippen molar-refractivity contribution < 1.29 is 9.15 Å². The highest BCUT2D eigenvalue weighted by Crippen LogP contribution is 2.20. The summed E-state index contributed by atoms with van der Waals surface area (Å²) >= 11 is 0. The van der Waals surface area contributed by atoms with Crippen LogP contribution in [0.3, 0.4) is 0 Å². The van der Waals surface area contributed by atoms with Gasteiger partial charge in [-0.05, 0) is 24.3 Å². The van der Waals surface area contributed by atoms with Crippen LogP contribution in [-0.4, -0.2) is 23.9 Å². The zero-order valence-corrected chi connectivity index (χ0v) is 9.01. The van der Waals surface area contributed by atoms with Crippen LogP contribution in [0.2, 0.25) is 0 Å². The number of nitrogens with two attached hydrogens (primary N) is 1. The molecule has 0 aliphatic carbocycles. The van der Waals surface area contributed by atoms with Crippen LogP contribution in [0.4, 0.5) is 0 Å². The molecule has 0 atom stereocenters. The minimum atomic E-state index is 0.504. The van der Waals surface area contributed by atoms with Crippen molar-refractivity contribution in [2.45, 2.75) is 6.42 Å². The molecule has 1 aromatic carbocycles. The van der Waals surface area contributed by atoms with E-state index in [0.29, 0.717) is 24.7 Å². The number of ether oxygens (including phenoxy) is 1. The van der Waals surface area contributed by atoms with Gasteiger partial charge in [0.15, 0.2) is 0 Å². The second kappa shape index (κ2) is 4.76. The summed E-state index contributed by atoms with van der Waals surface area (Å²) in [5, 5.41) is 7.84. The number of methoxy groups -OCH3 is 1. The predicted molar refractivity (Wildman–Crippen MR) is 59.0 cm³/mol. The fraction of sp³-hybridized carbons (Fsp3) is 0.273. The molecule has 2 aromatic rings. The van der Waals surface area contributed by atoms with Crippen LogP contribution in [0.15, 0.2) is 28.7 Å². The Hall–Kier alpha value is -1.88. The lowest BCUT2D eigenvalue weighted by atomic mass is 10.2. The Morgan fingerprint density at radius 3 is 2.62 bits per heavy atom. The van der Waals surface area contributed by atoms with Gasteiger partial charge in [0.05, 0.1) is 7.11 Å². The molecule has 2 rings (SSSR count). The van der Waals surface area contributed by atoms with Gasteiger partial charge in [0, 0.05) is 18.5 Å². The molecule has 0 fully saturated rings. The maximum Gasteiger partial charge on any atom is 0.247 e. The van der Waals surface area contributed by atoms with Gasteiger partial charge >= 0.3 is 0 Å². The van der Waals surface area contributed by atoms with Gasteiger partial charge in [0.1, 0.15) is 5.75 Å². The Morgan fingerprint density at radius 1 is 1.25 bits per heavy atom. The van der Waals surface area contributed by atoms with Crippen molar-refractivity contribution in [1.29, 1.82) is 0 Å². The first-order valence-electron chi connectivity index (χ1n) is 5.00. The molecule has 0 aliphatic rings. The average Bonchev–Trinajstić information content (AvgIpc) is 2.78. The van der Waals surface area contributed by atoms with E-state index in [4.69, 9.17) is 14.9 Å². The summed E-state index contributed by atoms with van der Waals surface area (Å²) in [4.78, 5) is 0. The monoisotopic (exact) mass is 219 g/mol. The summed E-state index contributed by atoms with van der Waals surface area (Å²) in [5.74, 6) is 1.87. The van der Waals surface area contributed by atoms with Crippen molar-refractivity contribution in [1.82, 2.24) is 10.2 Å². The molecule has 1 aromatic heterocycles. The molecule has 0 unspecified atom stereocenters. The standard InChI is InChI=1S/C11H13N3O2/c1-15-9-4-2-8(3-5-9)11-14-13-10(16-11)6-7-12/h2-5H,6-7,12H2,1H3. The van der Waals surface area contributed by atoms with Crippen LogP contribution < -0.4 is 10.5 Å². The SMILES string of the molecule is COc1ccc(-c2nnc(CCN)o2)cc1. The Kier molecular flexibility index (Phi) is 3.16. The fourth-order valence-electron chi connectivity index (χ4n) is 1.33. The first-order valence-corrected chi connectivity index (χ1v) is 5.00. The Morgan fingerprint density at radius 2 is 2.00 bits per heavy atom. The molecule has 0 bridgehead atoms. The zero-order valence-electron chi connectivity index (χ0n) is 9.01. The van der Waals surface area contributed by atoms with E-state index in [0.717, 1.165) is 11.3 Å². The largest absolute Gasteiger partial charge is 0.497 e. The van der Waals surface area contributed by atoms with Crippen molar-refractivity contribution in [3.8, 4) is 17.2 Å². The van der Waals surface area contributed by atoms with Crippen molar-refractivity contribution in [2.75, 3.05) is 13.7 Å². The summed E-state index contributed by atoms with van der Waals surface area (Å²) < 4.78 is 10.5. The molecule has 0 aliphatic heterocycles. The summed E-state index contributed by atoms with van der Waals surface area (Å²) in [5.41, 5.74) is 6.27. The lowest BCUT2D eigenvalue weighted by molar-refractivity contribution is 0.415. The van der Waals surface area contributed by atoms with Crippen molar-refractivity contribution in [3.05, 3.63) is 30.2 Å². The van der Waals surface area contributed by atoms with E-state index in [1.165, 1.54) is 0 Å². The highest BCUT2D eigenvalue weighted by molar-refractivity contribution is 5.53. The minimum Gasteiger partial charge on any atom is -0.497 e. The van der Waals surface area contributed by atoms with Gasteiger partial charge in [-0.2, -0.15) is 0 Å². The topological polar surface area (TPSA) is 74.2 Å². The quantitative estimate of drug-likeness (QED) is 0.837. The van der Waals surface area contributed by atoms with Crippen LogP contribution >= 0.6 is 0 Å². The lowest BCUT2D eigenvalue weighted by Gasteiger charge is -1.99. The van der Waals surface area contributed by atoms with Gasteiger partial charge in [-0.1, -0.05) is 0 Å². The van der Waals surface area contributed by atoms with Crippen LogP contribution in [0.25, 0.3) is 11.5 Å². The third-order valence-electron chi connectivity index (χ3n) is 2.16. The Labute approximate surface area is 93.2 Å². The first-order chi connectivity index (χ1) is 7.83. The molecule has 1 heterocycles. The van der Waals surface area contributed by atoms with Crippen molar-refractivity contribution in [3.63, 3.8) is 0 Å². The first kappa shape index (κ1) is 10.6. The van der Waals surface area contributed by atoms with E-state index in [1.54, 1.807) is 7.11 Å². The Bertz CT molecular complexity index is 451. The number of aromatic nitrogens is 2. The summed E-state index contributed by atoms with van der Waals surface area (Å²) in [6.07, 6.45) is 0.600. The maximum absolute atomic E-state index is 5.44. The van der Waals surface area contributed by atoms with Gasteiger partial charge in [0.25, 0.3) is 0 Å². The third-order valence-corrected chi connectivity index (χ3v) is 2.16. The molecule has 0 spiro atoms. The van der Waals surface area contributed by atoms with Crippen molar-refractivity contribution in [2.24, 2.45) is 5.73 Å². The van der Waals surface area contributed by atoms with Crippen LogP contribution in [-0.2, 0) is 6.42 Å². The molecule has 5 nitrogen and oxygen atoms in total. The molecule has 0 saturated carbocycles. The van der Waals surface area contributed by atoms with Gasteiger partial charge in [0.2, 0.25) is 11.8 Å². The molecule has 5 heteroatoms. The van der Waals surface area contributed by atoms with Crippen LogP contribution in [0.1, 0.15) is 5.89 Å². The third kappa shape index (κ3) is 2.20. The molecule has 2 N–H and O–H groups in total. The Balaban J connectivity index is 2.21. The fourth-order valence-corrected chi connectivity index (χ4v) is 1.33. The van der Waals surface area contributed by atoms with E-state index in [1.807, 2.05) is 24.3 Å². The molecular formula is C11H13N3O2. The lowest BCUT2D eigenvalue weighted by Crippen LogP contribution is -2.02. The van der Waals surface area contributed by atoms with Gasteiger partial charge in [-0.3, -0.25) is 0 Å². The van der Waals surface area contributed by atoms with E-state index in [2.05, 4.69) is 10.2 Å². The van der Waals surface area contributed by atoms with Crippen LogP contribution in [0, 0.1) is 0 Å². The molecular weight excluding hydrogens is 206 g/mol. The number of hydrogen-bond acceptors (Lipinski definition) is 5. The van der Waals surface area contributed by atoms with E-state index < -0.39 is 0 Å². The van der Waals surface area contributed by atoms with E-state index >= 15 is 0 Å². The second-order valence-electron chi connectivity index (χ2n) is 3.27. The maximum atomic E-state index is 5.44. The summed E-state index contributed by atoms with van der Waals surface area (Å²) in [6, 6.07) is 7.45. The smallest absolute Gasteiger partial charge is 0.247 e. The number of nitrogens with zero attached hydrogens (tertiary/aromatic N) is 2. The van der Waals surface area contributed by atoms with Gasteiger partial charge in [-0.15, -0.1) is 10.2 Å². The van der Waals surface area contributed by atoms with E-state index in [-0.39, 0.29) is 0 Å². The zero-order chi connectivity index (χ0) is 11.4. The van der Waals surface area contributed by atoms with Crippen LogP contribution in [0.5, 0.6) is 5.75 Å². The highest BCUT2D eigenvalue weighted by atomic mass is 16.5. The number of rotatable bonds is 4. The van der Waals surface area contributed by atoms with E-state index in [9.17, 15) is 0 Å². The molecule has 84 valence electrons. The molecule has 0 radical (unpaired) electrons. The normalized spacial score (nSPS) is 10.4. The van der Waals surface area contributed by atoms with Gasteiger partial charge < -0.3 is 14.9 Å². The second-order valence-corrected chi connectivity index (χ2v) is 3.27. The van der Waals surface area contributed by atoms with Crippen molar-refractivity contribution >= 4 is 0 Å². The molecule has 0 saturated heterocycles. The number of benzene rings is 1. The number of hydrogen-bond donors (Lipinski definition) is 1.